The second-order valence-corrected chi connectivity index (χ2v) is 6.77. The summed E-state index contributed by atoms with van der Waals surface area (Å²) in [7, 11) is 2.34. The summed E-state index contributed by atoms with van der Waals surface area (Å²) in [5, 5.41) is 0. The van der Waals surface area contributed by atoms with Crippen molar-refractivity contribution in [2.45, 2.75) is 69.0 Å². The van der Waals surface area contributed by atoms with Gasteiger partial charge in [0.15, 0.2) is 0 Å². The van der Waals surface area contributed by atoms with Gasteiger partial charge in [-0.1, -0.05) is 19.3 Å². The highest BCUT2D eigenvalue weighted by atomic mass is 15.3. The molecule has 104 valence electrons. The molecule has 0 aromatic rings. The Morgan fingerprint density at radius 1 is 1.06 bits per heavy atom. The first-order valence-corrected chi connectivity index (χ1v) is 7.92. The molecule has 2 atom stereocenters. The van der Waals surface area contributed by atoms with Crippen LogP contribution in [0.1, 0.15) is 51.4 Å². The van der Waals surface area contributed by atoms with E-state index in [0.29, 0.717) is 5.54 Å². The molecule has 18 heavy (non-hydrogen) atoms. The molecule has 0 amide bonds. The summed E-state index contributed by atoms with van der Waals surface area (Å²) >= 11 is 0. The zero-order valence-electron chi connectivity index (χ0n) is 11.9. The van der Waals surface area contributed by atoms with Crippen molar-refractivity contribution in [2.24, 2.45) is 5.73 Å². The van der Waals surface area contributed by atoms with Gasteiger partial charge in [-0.3, -0.25) is 9.80 Å². The van der Waals surface area contributed by atoms with Gasteiger partial charge in [0.2, 0.25) is 0 Å². The standard InChI is InChI=1S/C15H29N3/c1-17-13-5-6-14(17)11-18(10-7-13)15(12-16)8-3-2-4-9-15/h13-14H,2-12,16H2,1H3. The van der Waals surface area contributed by atoms with Gasteiger partial charge in [0.25, 0.3) is 0 Å². The zero-order chi connectivity index (χ0) is 12.6. The van der Waals surface area contributed by atoms with E-state index in [0.717, 1.165) is 18.6 Å². The molecule has 3 rings (SSSR count). The van der Waals surface area contributed by atoms with Gasteiger partial charge >= 0.3 is 0 Å². The lowest BCUT2D eigenvalue weighted by molar-refractivity contribution is 0.0489. The van der Waals surface area contributed by atoms with Crippen LogP contribution in [0, 0.1) is 0 Å². The Bertz CT molecular complexity index is 285. The molecular formula is C15H29N3. The Morgan fingerprint density at radius 2 is 1.78 bits per heavy atom. The summed E-state index contributed by atoms with van der Waals surface area (Å²) in [4.78, 5) is 5.43. The predicted octanol–water partition coefficient (Wildman–Crippen LogP) is 1.82. The van der Waals surface area contributed by atoms with Crippen LogP contribution in [0.3, 0.4) is 0 Å². The first kappa shape index (κ1) is 12.9. The second kappa shape index (κ2) is 5.10. The molecule has 1 saturated carbocycles. The summed E-state index contributed by atoms with van der Waals surface area (Å²) in [5.74, 6) is 0. The molecule has 0 spiro atoms. The van der Waals surface area contributed by atoms with E-state index in [1.54, 1.807) is 0 Å². The van der Waals surface area contributed by atoms with Crippen LogP contribution < -0.4 is 5.73 Å². The topological polar surface area (TPSA) is 32.5 Å². The molecule has 2 saturated heterocycles. The maximum Gasteiger partial charge on any atom is 0.0332 e. The van der Waals surface area contributed by atoms with E-state index in [4.69, 9.17) is 5.73 Å². The Kier molecular flexibility index (Phi) is 3.65. The normalized spacial score (nSPS) is 37.7. The van der Waals surface area contributed by atoms with Crippen molar-refractivity contribution < 1.29 is 0 Å². The fraction of sp³-hybridized carbons (Fsp3) is 1.00. The van der Waals surface area contributed by atoms with Crippen LogP contribution in [0.5, 0.6) is 0 Å². The highest BCUT2D eigenvalue weighted by Crippen LogP contribution is 2.37. The monoisotopic (exact) mass is 251 g/mol. The van der Waals surface area contributed by atoms with Crippen LogP contribution in [0.15, 0.2) is 0 Å². The minimum atomic E-state index is 0.351. The average Bonchev–Trinajstić information content (AvgIpc) is 2.64. The summed E-state index contributed by atoms with van der Waals surface area (Å²) in [6.45, 7) is 3.42. The van der Waals surface area contributed by atoms with Crippen LogP contribution in [0.25, 0.3) is 0 Å². The van der Waals surface area contributed by atoms with E-state index in [9.17, 15) is 0 Å². The third kappa shape index (κ3) is 2.10. The molecule has 0 radical (unpaired) electrons. The van der Waals surface area contributed by atoms with E-state index in [2.05, 4.69) is 16.8 Å². The maximum absolute atomic E-state index is 6.20. The molecule has 2 N–H and O–H groups in total. The lowest BCUT2D eigenvalue weighted by Crippen LogP contribution is -2.57. The zero-order valence-corrected chi connectivity index (χ0v) is 11.9. The van der Waals surface area contributed by atoms with Crippen molar-refractivity contribution in [1.29, 1.82) is 0 Å². The van der Waals surface area contributed by atoms with Crippen molar-refractivity contribution in [3.63, 3.8) is 0 Å². The van der Waals surface area contributed by atoms with E-state index in [1.165, 1.54) is 64.5 Å². The fourth-order valence-electron chi connectivity index (χ4n) is 4.60. The predicted molar refractivity (Wildman–Crippen MR) is 75.6 cm³/mol. The highest BCUT2D eigenvalue weighted by molar-refractivity contribution is 5.00. The number of rotatable bonds is 2. The minimum Gasteiger partial charge on any atom is -0.329 e. The smallest absolute Gasteiger partial charge is 0.0332 e. The van der Waals surface area contributed by atoms with Crippen LogP contribution in [-0.4, -0.2) is 54.1 Å². The van der Waals surface area contributed by atoms with Crippen molar-refractivity contribution in [1.82, 2.24) is 9.80 Å². The summed E-state index contributed by atoms with van der Waals surface area (Å²) in [6.07, 6.45) is 11.0. The summed E-state index contributed by atoms with van der Waals surface area (Å²) in [6, 6.07) is 1.64. The van der Waals surface area contributed by atoms with Gasteiger partial charge in [0, 0.05) is 37.3 Å². The second-order valence-electron chi connectivity index (χ2n) is 6.77. The fourth-order valence-corrected chi connectivity index (χ4v) is 4.60. The number of fused-ring (bicyclic) bond motifs is 2. The van der Waals surface area contributed by atoms with Gasteiger partial charge < -0.3 is 5.73 Å². The number of likely N-dealkylation sites (tertiary alicyclic amines) is 1. The molecule has 2 unspecified atom stereocenters. The third-order valence-corrected chi connectivity index (χ3v) is 5.98. The first-order valence-electron chi connectivity index (χ1n) is 7.92. The van der Waals surface area contributed by atoms with E-state index in [-0.39, 0.29) is 0 Å². The van der Waals surface area contributed by atoms with Gasteiger partial charge in [-0.25, -0.2) is 0 Å². The molecule has 1 aliphatic carbocycles. The van der Waals surface area contributed by atoms with Gasteiger partial charge in [-0.15, -0.1) is 0 Å². The van der Waals surface area contributed by atoms with Gasteiger partial charge in [0.05, 0.1) is 0 Å². The quantitative estimate of drug-likeness (QED) is 0.812. The average molecular weight is 251 g/mol. The lowest BCUT2D eigenvalue weighted by Gasteiger charge is -2.47. The van der Waals surface area contributed by atoms with Gasteiger partial charge in [-0.2, -0.15) is 0 Å². The molecular weight excluding hydrogens is 222 g/mol. The molecule has 0 aromatic heterocycles. The van der Waals surface area contributed by atoms with E-state index >= 15 is 0 Å². The number of hydrogen-bond acceptors (Lipinski definition) is 3. The van der Waals surface area contributed by atoms with Crippen molar-refractivity contribution in [3.05, 3.63) is 0 Å². The summed E-state index contributed by atoms with van der Waals surface area (Å²) < 4.78 is 0. The molecule has 3 heteroatoms. The molecule has 2 heterocycles. The minimum absolute atomic E-state index is 0.351. The Hall–Kier alpha value is -0.120. The SMILES string of the molecule is CN1C2CCC1CN(C1(CN)CCCCC1)CC2. The molecule has 2 bridgehead atoms. The number of nitrogens with zero attached hydrogens (tertiary/aromatic N) is 2. The molecule has 3 aliphatic rings. The third-order valence-electron chi connectivity index (χ3n) is 5.98. The number of hydrogen-bond donors (Lipinski definition) is 1. The van der Waals surface area contributed by atoms with Crippen molar-refractivity contribution in [3.8, 4) is 0 Å². The van der Waals surface area contributed by atoms with Crippen LogP contribution >= 0.6 is 0 Å². The summed E-state index contributed by atoms with van der Waals surface area (Å²) in [5.41, 5.74) is 6.55. The van der Waals surface area contributed by atoms with Crippen molar-refractivity contribution in [2.75, 3.05) is 26.7 Å². The van der Waals surface area contributed by atoms with Crippen LogP contribution in [0.2, 0.25) is 0 Å². The highest BCUT2D eigenvalue weighted by Gasteiger charge is 2.42. The number of likely N-dealkylation sites (N-methyl/N-ethyl adjacent to an activating group) is 1. The maximum atomic E-state index is 6.20. The Morgan fingerprint density at radius 3 is 2.50 bits per heavy atom. The molecule has 0 aromatic carbocycles. The molecule has 3 fully saturated rings. The van der Waals surface area contributed by atoms with Crippen LogP contribution in [0.4, 0.5) is 0 Å². The molecule has 2 aliphatic heterocycles. The Balaban J connectivity index is 1.75. The molecule has 3 nitrogen and oxygen atoms in total. The Labute approximate surface area is 112 Å². The number of nitrogens with two attached hydrogens (primary N) is 1. The van der Waals surface area contributed by atoms with Gasteiger partial charge in [0.1, 0.15) is 0 Å². The lowest BCUT2D eigenvalue weighted by atomic mass is 9.79. The van der Waals surface area contributed by atoms with Crippen molar-refractivity contribution >= 4 is 0 Å². The van der Waals surface area contributed by atoms with E-state index in [1.807, 2.05) is 0 Å². The first-order chi connectivity index (χ1) is 8.75. The van der Waals surface area contributed by atoms with E-state index < -0.39 is 0 Å². The van der Waals surface area contributed by atoms with Gasteiger partial charge in [-0.05, 0) is 39.2 Å². The largest absolute Gasteiger partial charge is 0.329 e. The van der Waals surface area contributed by atoms with Crippen LogP contribution in [-0.2, 0) is 0 Å².